The first-order chi connectivity index (χ1) is 9.65. The number of nitrogen functional groups attached to an aromatic ring is 1. The van der Waals surface area contributed by atoms with E-state index in [-0.39, 0.29) is 5.84 Å². The summed E-state index contributed by atoms with van der Waals surface area (Å²) in [6.45, 7) is 0. The van der Waals surface area contributed by atoms with Gasteiger partial charge in [-0.05, 0) is 34.3 Å². The van der Waals surface area contributed by atoms with E-state index in [0.717, 1.165) is 10.9 Å². The minimum Gasteiger partial charge on any atom is -0.384 e. The standard InChI is InChI=1S/C12H11N7S/c1-19-12(16-17-18-19)20-11-8(10(13)14)6-7-4-2-3-5-9(7)15-11/h2-6H,1H3,(H3,13,14). The van der Waals surface area contributed by atoms with Crippen molar-refractivity contribution in [2.24, 2.45) is 12.8 Å². The lowest BCUT2D eigenvalue weighted by atomic mass is 10.1. The molecule has 100 valence electrons. The predicted molar refractivity (Wildman–Crippen MR) is 75.7 cm³/mol. The van der Waals surface area contributed by atoms with Crippen molar-refractivity contribution in [3.63, 3.8) is 0 Å². The number of aryl methyl sites for hydroxylation is 1. The molecule has 1 aromatic carbocycles. The fourth-order valence-electron chi connectivity index (χ4n) is 1.76. The number of amidine groups is 1. The second-order valence-corrected chi connectivity index (χ2v) is 5.09. The Balaban J connectivity index is 2.14. The molecular formula is C12H11N7S. The Labute approximate surface area is 118 Å². The summed E-state index contributed by atoms with van der Waals surface area (Å²) in [4.78, 5) is 4.55. The van der Waals surface area contributed by atoms with Crippen LogP contribution in [0.15, 0.2) is 40.5 Å². The monoisotopic (exact) mass is 285 g/mol. The highest BCUT2D eigenvalue weighted by Gasteiger charge is 2.14. The van der Waals surface area contributed by atoms with E-state index in [0.29, 0.717) is 15.7 Å². The summed E-state index contributed by atoms with van der Waals surface area (Å²) in [6, 6.07) is 9.55. The molecular weight excluding hydrogens is 274 g/mol. The number of aromatic nitrogens is 5. The molecule has 0 aliphatic rings. The van der Waals surface area contributed by atoms with Crippen molar-refractivity contribution in [1.29, 1.82) is 5.41 Å². The van der Waals surface area contributed by atoms with Crippen molar-refractivity contribution in [2.45, 2.75) is 10.2 Å². The van der Waals surface area contributed by atoms with E-state index in [4.69, 9.17) is 11.1 Å². The van der Waals surface area contributed by atoms with Gasteiger partial charge < -0.3 is 5.73 Å². The van der Waals surface area contributed by atoms with Gasteiger partial charge >= 0.3 is 0 Å². The number of hydrogen-bond donors (Lipinski definition) is 2. The first kappa shape index (κ1) is 12.5. The van der Waals surface area contributed by atoms with E-state index in [1.54, 1.807) is 11.7 Å². The smallest absolute Gasteiger partial charge is 0.215 e. The molecule has 0 atom stereocenters. The van der Waals surface area contributed by atoms with Crippen molar-refractivity contribution in [1.82, 2.24) is 25.2 Å². The van der Waals surface area contributed by atoms with E-state index in [2.05, 4.69) is 20.5 Å². The van der Waals surface area contributed by atoms with Crippen molar-refractivity contribution in [3.05, 3.63) is 35.9 Å². The quantitative estimate of drug-likeness (QED) is 0.553. The number of fused-ring (bicyclic) bond motifs is 1. The van der Waals surface area contributed by atoms with Crippen LogP contribution in [0.1, 0.15) is 5.56 Å². The molecule has 3 N–H and O–H groups in total. The third kappa shape index (κ3) is 2.21. The summed E-state index contributed by atoms with van der Waals surface area (Å²) in [5.41, 5.74) is 7.07. The third-order valence-electron chi connectivity index (χ3n) is 2.75. The van der Waals surface area contributed by atoms with Crippen LogP contribution in [0.2, 0.25) is 0 Å². The zero-order valence-electron chi connectivity index (χ0n) is 10.6. The molecule has 0 aliphatic carbocycles. The van der Waals surface area contributed by atoms with Gasteiger partial charge in [0.05, 0.1) is 5.52 Å². The molecule has 7 nitrogen and oxygen atoms in total. The molecule has 20 heavy (non-hydrogen) atoms. The molecule has 0 unspecified atom stereocenters. The van der Waals surface area contributed by atoms with Crippen molar-refractivity contribution in [2.75, 3.05) is 0 Å². The maximum absolute atomic E-state index is 7.70. The molecule has 2 aromatic heterocycles. The lowest BCUT2D eigenvalue weighted by Crippen LogP contribution is -2.13. The summed E-state index contributed by atoms with van der Waals surface area (Å²) in [5.74, 6) is -0.0270. The van der Waals surface area contributed by atoms with Crippen LogP contribution in [0, 0.1) is 5.41 Å². The summed E-state index contributed by atoms with van der Waals surface area (Å²) in [7, 11) is 1.75. The summed E-state index contributed by atoms with van der Waals surface area (Å²) < 4.78 is 1.55. The number of rotatable bonds is 3. The van der Waals surface area contributed by atoms with Crippen LogP contribution in [0.5, 0.6) is 0 Å². The molecule has 0 bridgehead atoms. The summed E-state index contributed by atoms with van der Waals surface area (Å²) in [6.07, 6.45) is 0. The van der Waals surface area contributed by atoms with Gasteiger partial charge in [0.2, 0.25) is 5.16 Å². The number of nitrogens with one attached hydrogen (secondary N) is 1. The highest BCUT2D eigenvalue weighted by Crippen LogP contribution is 2.28. The van der Waals surface area contributed by atoms with Crippen molar-refractivity contribution >= 4 is 28.5 Å². The van der Waals surface area contributed by atoms with Gasteiger partial charge in [0.15, 0.2) is 0 Å². The van der Waals surface area contributed by atoms with Crippen molar-refractivity contribution < 1.29 is 0 Å². The topological polar surface area (TPSA) is 106 Å². The van der Waals surface area contributed by atoms with E-state index in [9.17, 15) is 0 Å². The van der Waals surface area contributed by atoms with Crippen LogP contribution in [0.4, 0.5) is 0 Å². The number of tetrazole rings is 1. The summed E-state index contributed by atoms with van der Waals surface area (Å²) >= 11 is 1.29. The minimum atomic E-state index is -0.0270. The lowest BCUT2D eigenvalue weighted by molar-refractivity contribution is 0.664. The number of hydrogen-bond acceptors (Lipinski definition) is 6. The highest BCUT2D eigenvalue weighted by molar-refractivity contribution is 7.99. The fraction of sp³-hybridized carbons (Fsp3) is 0.0833. The Morgan fingerprint density at radius 1 is 1.35 bits per heavy atom. The minimum absolute atomic E-state index is 0.0270. The molecule has 3 rings (SSSR count). The van der Waals surface area contributed by atoms with Crippen LogP contribution in [0.25, 0.3) is 10.9 Å². The number of nitrogens with zero attached hydrogens (tertiary/aromatic N) is 5. The Hall–Kier alpha value is -2.48. The molecule has 8 heteroatoms. The number of pyridine rings is 1. The second kappa shape index (κ2) is 4.89. The van der Waals surface area contributed by atoms with Gasteiger partial charge in [0.1, 0.15) is 10.9 Å². The van der Waals surface area contributed by atoms with Gasteiger partial charge in [-0.25, -0.2) is 9.67 Å². The molecule has 0 aliphatic heterocycles. The number of nitrogens with two attached hydrogens (primary N) is 1. The number of para-hydroxylation sites is 1. The lowest BCUT2D eigenvalue weighted by Gasteiger charge is -2.08. The molecule has 0 radical (unpaired) electrons. The second-order valence-electron chi connectivity index (χ2n) is 4.13. The number of benzene rings is 1. The fourth-order valence-corrected chi connectivity index (χ4v) is 2.60. The Kier molecular flexibility index (Phi) is 3.07. The maximum atomic E-state index is 7.70. The molecule has 0 fully saturated rings. The van der Waals surface area contributed by atoms with Crippen LogP contribution in [-0.2, 0) is 7.05 Å². The largest absolute Gasteiger partial charge is 0.384 e. The molecule has 0 spiro atoms. The first-order valence-electron chi connectivity index (χ1n) is 5.79. The van der Waals surface area contributed by atoms with E-state index < -0.39 is 0 Å². The van der Waals surface area contributed by atoms with Crippen LogP contribution in [0.3, 0.4) is 0 Å². The van der Waals surface area contributed by atoms with Crippen molar-refractivity contribution in [3.8, 4) is 0 Å². The first-order valence-corrected chi connectivity index (χ1v) is 6.61. The molecule has 0 saturated heterocycles. The average molecular weight is 285 g/mol. The Bertz CT molecular complexity index is 795. The van der Waals surface area contributed by atoms with Gasteiger partial charge in [-0.15, -0.1) is 5.10 Å². The van der Waals surface area contributed by atoms with Gasteiger partial charge in [-0.3, -0.25) is 5.41 Å². The Morgan fingerprint density at radius 2 is 2.15 bits per heavy atom. The zero-order valence-corrected chi connectivity index (χ0v) is 11.4. The molecule has 2 heterocycles. The van der Waals surface area contributed by atoms with Gasteiger partial charge in [0, 0.05) is 18.0 Å². The average Bonchev–Trinajstić information content (AvgIpc) is 2.83. The Morgan fingerprint density at radius 3 is 2.85 bits per heavy atom. The SMILES string of the molecule is Cn1nnnc1Sc1nc2ccccc2cc1C(=N)N. The third-order valence-corrected chi connectivity index (χ3v) is 3.78. The van der Waals surface area contributed by atoms with Gasteiger partial charge in [-0.2, -0.15) is 0 Å². The van der Waals surface area contributed by atoms with Crippen LogP contribution >= 0.6 is 11.8 Å². The molecule has 3 aromatic rings. The molecule has 0 saturated carbocycles. The van der Waals surface area contributed by atoms with Crippen LogP contribution < -0.4 is 5.73 Å². The maximum Gasteiger partial charge on any atom is 0.215 e. The molecule has 0 amide bonds. The van der Waals surface area contributed by atoms with Gasteiger partial charge in [-0.1, -0.05) is 18.2 Å². The predicted octanol–water partition coefficient (Wildman–Crippen LogP) is 1.19. The zero-order chi connectivity index (χ0) is 14.1. The normalized spacial score (nSPS) is 10.8. The van der Waals surface area contributed by atoms with E-state index in [1.807, 2.05) is 30.3 Å². The van der Waals surface area contributed by atoms with Crippen LogP contribution in [-0.4, -0.2) is 31.0 Å². The van der Waals surface area contributed by atoms with Gasteiger partial charge in [0.25, 0.3) is 0 Å². The summed E-state index contributed by atoms with van der Waals surface area (Å²) in [5, 5.41) is 21.1. The van der Waals surface area contributed by atoms with E-state index >= 15 is 0 Å². The highest BCUT2D eigenvalue weighted by atomic mass is 32.2. The van der Waals surface area contributed by atoms with E-state index in [1.165, 1.54) is 11.8 Å².